The van der Waals surface area contributed by atoms with Crippen molar-refractivity contribution in [1.82, 2.24) is 24.4 Å². The second kappa shape index (κ2) is 12.0. The van der Waals surface area contributed by atoms with Crippen molar-refractivity contribution in [2.45, 2.75) is 31.7 Å². The molecule has 45 heavy (non-hydrogen) atoms. The van der Waals surface area contributed by atoms with Crippen LogP contribution in [0.5, 0.6) is 5.75 Å². The molecular formula is C33H31N7O5. The number of carbonyl (C=O) groups is 2. The van der Waals surface area contributed by atoms with Crippen LogP contribution in [-0.4, -0.2) is 67.2 Å². The van der Waals surface area contributed by atoms with Gasteiger partial charge in [0, 0.05) is 12.1 Å². The highest BCUT2D eigenvalue weighted by atomic mass is 16.5. The van der Waals surface area contributed by atoms with E-state index in [-0.39, 0.29) is 49.7 Å². The first-order chi connectivity index (χ1) is 22.0. The van der Waals surface area contributed by atoms with Crippen LogP contribution in [0.2, 0.25) is 0 Å². The van der Waals surface area contributed by atoms with E-state index in [0.717, 1.165) is 16.7 Å². The molecule has 4 N–H and O–H groups in total. The molecule has 228 valence electrons. The van der Waals surface area contributed by atoms with Crippen LogP contribution in [0.1, 0.15) is 45.3 Å². The van der Waals surface area contributed by atoms with E-state index >= 15 is 0 Å². The summed E-state index contributed by atoms with van der Waals surface area (Å²) in [6, 6.07) is 22.6. The predicted molar refractivity (Wildman–Crippen MR) is 166 cm³/mol. The molecule has 2 amide bonds. The van der Waals surface area contributed by atoms with Gasteiger partial charge in [0.25, 0.3) is 11.8 Å². The van der Waals surface area contributed by atoms with Crippen molar-refractivity contribution in [3.63, 3.8) is 0 Å². The number of aromatic nitrogens is 4. The minimum Gasteiger partial charge on any atom is -0.491 e. The Bertz CT molecular complexity index is 1860. The molecule has 12 nitrogen and oxygen atoms in total. The summed E-state index contributed by atoms with van der Waals surface area (Å²) in [6.07, 6.45) is 2.16. The van der Waals surface area contributed by atoms with Crippen molar-refractivity contribution in [2.24, 2.45) is 0 Å². The number of rotatable bonds is 10. The maximum atomic E-state index is 12.9. The number of fused-ring (bicyclic) bond motifs is 2. The fourth-order valence-corrected chi connectivity index (χ4v) is 5.86. The van der Waals surface area contributed by atoms with Crippen LogP contribution >= 0.6 is 0 Å². The first-order valence-electron chi connectivity index (χ1n) is 14.8. The fourth-order valence-electron chi connectivity index (χ4n) is 5.86. The third-order valence-corrected chi connectivity index (χ3v) is 8.11. The number of ether oxygens (including phenoxy) is 2. The Morgan fingerprint density at radius 2 is 1.71 bits per heavy atom. The number of nitrogens with two attached hydrogens (primary N) is 1. The maximum Gasteiger partial charge on any atom is 0.261 e. The van der Waals surface area contributed by atoms with Crippen molar-refractivity contribution < 1.29 is 24.2 Å². The third-order valence-electron chi connectivity index (χ3n) is 8.11. The fraction of sp³-hybridized carbons (Fsp3) is 0.242. The quantitative estimate of drug-likeness (QED) is 0.199. The molecule has 7 rings (SSSR count). The van der Waals surface area contributed by atoms with Gasteiger partial charge in [-0.3, -0.25) is 19.1 Å². The summed E-state index contributed by atoms with van der Waals surface area (Å²) in [4.78, 5) is 40.1. The molecular weight excluding hydrogens is 574 g/mol. The van der Waals surface area contributed by atoms with Crippen molar-refractivity contribution in [3.8, 4) is 16.9 Å². The molecule has 12 heteroatoms. The molecule has 5 aromatic rings. The number of imidazole rings is 1. The molecule has 0 unspecified atom stereocenters. The lowest BCUT2D eigenvalue weighted by Gasteiger charge is -2.19. The molecule has 0 bridgehead atoms. The second-order valence-corrected chi connectivity index (χ2v) is 10.9. The molecule has 0 radical (unpaired) electrons. The number of anilines is 2. The molecule has 2 aliphatic heterocycles. The van der Waals surface area contributed by atoms with Gasteiger partial charge < -0.3 is 25.6 Å². The van der Waals surface area contributed by atoms with Gasteiger partial charge in [-0.05, 0) is 42.2 Å². The molecule has 0 saturated carbocycles. The number of hydrogen-bond acceptors (Lipinski definition) is 10. The number of imide groups is 1. The van der Waals surface area contributed by atoms with E-state index in [4.69, 9.17) is 20.2 Å². The Kier molecular flexibility index (Phi) is 7.57. The standard InChI is InChI=1S/C33H31N7O5/c34-29-28-30(37-19-36-29)40(27-13-11-22(18-41)45-27)33(38-28)35-17-20-10-12-23(21-6-2-1-3-7-21)26(16-20)44-15-14-39-31(42)24-8-4-5-9-25(24)32(39)43/h1-10,12,16,19,22,27,41H,11,13-15,17-18H2,(H,35,38)(H2,34,36,37)/t22-,27+/m0/s1. The van der Waals surface area contributed by atoms with Gasteiger partial charge in [0.05, 0.1) is 30.4 Å². The molecule has 3 aromatic carbocycles. The van der Waals surface area contributed by atoms with Gasteiger partial charge in [-0.15, -0.1) is 0 Å². The predicted octanol–water partition coefficient (Wildman–Crippen LogP) is 4.03. The molecule has 1 fully saturated rings. The van der Waals surface area contributed by atoms with E-state index in [1.165, 1.54) is 11.2 Å². The summed E-state index contributed by atoms with van der Waals surface area (Å²) in [5, 5.41) is 13.0. The van der Waals surface area contributed by atoms with Crippen molar-refractivity contribution in [3.05, 3.63) is 95.8 Å². The normalized spacial score (nSPS) is 17.7. The first kappa shape index (κ1) is 28.4. The van der Waals surface area contributed by atoms with Crippen LogP contribution in [0.25, 0.3) is 22.3 Å². The number of aliphatic hydroxyl groups is 1. The van der Waals surface area contributed by atoms with Crippen molar-refractivity contribution >= 4 is 34.7 Å². The number of aliphatic hydroxyl groups excluding tert-OH is 1. The monoisotopic (exact) mass is 605 g/mol. The SMILES string of the molecule is Nc1ncnc2c1nc(NCc1ccc(-c3ccccc3)c(OCCN3C(=O)c4ccccc4C3=O)c1)n2[C@H]1CC[C@@H](CO)O1. The van der Waals surface area contributed by atoms with Crippen LogP contribution in [0.4, 0.5) is 11.8 Å². The largest absolute Gasteiger partial charge is 0.491 e. The molecule has 4 heterocycles. The first-order valence-corrected chi connectivity index (χ1v) is 14.8. The highest BCUT2D eigenvalue weighted by Gasteiger charge is 2.35. The average molecular weight is 606 g/mol. The Morgan fingerprint density at radius 3 is 2.44 bits per heavy atom. The Balaban J connectivity index is 1.13. The lowest BCUT2D eigenvalue weighted by atomic mass is 10.0. The van der Waals surface area contributed by atoms with Gasteiger partial charge >= 0.3 is 0 Å². The van der Waals surface area contributed by atoms with E-state index in [9.17, 15) is 14.7 Å². The highest BCUT2D eigenvalue weighted by Crippen LogP contribution is 2.35. The van der Waals surface area contributed by atoms with Crippen LogP contribution in [0, 0.1) is 0 Å². The van der Waals surface area contributed by atoms with Gasteiger partial charge in [0.1, 0.15) is 24.9 Å². The topological polar surface area (TPSA) is 158 Å². The zero-order valence-electron chi connectivity index (χ0n) is 24.3. The third kappa shape index (κ3) is 5.34. The number of nitrogens with one attached hydrogen (secondary N) is 1. The molecule has 2 aliphatic rings. The Morgan fingerprint density at radius 1 is 0.956 bits per heavy atom. The molecule has 0 spiro atoms. The maximum absolute atomic E-state index is 12.9. The minimum absolute atomic E-state index is 0.0629. The van der Waals surface area contributed by atoms with Crippen LogP contribution in [-0.2, 0) is 11.3 Å². The van der Waals surface area contributed by atoms with Crippen molar-refractivity contribution in [1.29, 1.82) is 0 Å². The van der Waals surface area contributed by atoms with Crippen LogP contribution in [0.3, 0.4) is 0 Å². The second-order valence-electron chi connectivity index (χ2n) is 10.9. The molecule has 2 atom stereocenters. The number of nitrogens with zero attached hydrogens (tertiary/aromatic N) is 5. The summed E-state index contributed by atoms with van der Waals surface area (Å²) in [7, 11) is 0. The number of nitrogen functional groups attached to an aromatic ring is 1. The average Bonchev–Trinajstić information content (AvgIpc) is 3.76. The Labute approximate surface area is 258 Å². The van der Waals surface area contributed by atoms with Crippen LogP contribution < -0.4 is 15.8 Å². The van der Waals surface area contributed by atoms with Gasteiger partial charge in [0.2, 0.25) is 5.95 Å². The number of carbonyl (C=O) groups excluding carboxylic acids is 2. The smallest absolute Gasteiger partial charge is 0.261 e. The number of hydrogen-bond donors (Lipinski definition) is 3. The lowest BCUT2D eigenvalue weighted by Crippen LogP contribution is -2.33. The number of benzene rings is 3. The van der Waals surface area contributed by atoms with Gasteiger partial charge in [-0.2, -0.15) is 0 Å². The van der Waals surface area contributed by atoms with E-state index in [2.05, 4.69) is 15.3 Å². The van der Waals surface area contributed by atoms with E-state index in [1.54, 1.807) is 24.3 Å². The molecule has 0 aliphatic carbocycles. The summed E-state index contributed by atoms with van der Waals surface area (Å²) < 4.78 is 14.2. The summed E-state index contributed by atoms with van der Waals surface area (Å²) >= 11 is 0. The van der Waals surface area contributed by atoms with Crippen LogP contribution in [0.15, 0.2) is 79.1 Å². The molecule has 2 aromatic heterocycles. The lowest BCUT2D eigenvalue weighted by molar-refractivity contribution is -0.0197. The van der Waals surface area contributed by atoms with E-state index in [0.29, 0.717) is 53.4 Å². The summed E-state index contributed by atoms with van der Waals surface area (Å²) in [6.45, 7) is 0.565. The zero-order chi connectivity index (χ0) is 30.9. The molecule has 1 saturated heterocycles. The zero-order valence-corrected chi connectivity index (χ0v) is 24.3. The summed E-state index contributed by atoms with van der Waals surface area (Å²) in [5.41, 5.74) is 10.7. The highest BCUT2D eigenvalue weighted by molar-refractivity contribution is 6.21. The summed E-state index contributed by atoms with van der Waals surface area (Å²) in [5.74, 6) is 0.765. The van der Waals surface area contributed by atoms with E-state index < -0.39 is 0 Å². The Hall–Kier alpha value is -5.33. The van der Waals surface area contributed by atoms with Gasteiger partial charge in [-0.1, -0.05) is 54.6 Å². The van der Waals surface area contributed by atoms with E-state index in [1.807, 2.05) is 53.1 Å². The van der Waals surface area contributed by atoms with Crippen molar-refractivity contribution in [2.75, 3.05) is 30.8 Å². The van der Waals surface area contributed by atoms with Gasteiger partial charge in [0.15, 0.2) is 17.0 Å². The minimum atomic E-state index is -0.370. The van der Waals surface area contributed by atoms with Gasteiger partial charge in [-0.25, -0.2) is 15.0 Å². The number of amides is 2.